The van der Waals surface area contributed by atoms with E-state index in [1.807, 2.05) is 66.7 Å². The lowest BCUT2D eigenvalue weighted by Gasteiger charge is -2.14. The molecule has 0 unspecified atom stereocenters. The molecule has 0 aliphatic heterocycles. The molecule has 0 amide bonds. The van der Waals surface area contributed by atoms with Crippen LogP contribution < -0.4 is 18.9 Å². The lowest BCUT2D eigenvalue weighted by atomic mass is 10.1. The lowest BCUT2D eigenvalue weighted by molar-refractivity contribution is 0.255. The van der Waals surface area contributed by atoms with Crippen LogP contribution in [-0.4, -0.2) is 11.7 Å². The SMILES string of the molecule is C=CCOc1ccc(COc2ccccc2OCc2ccc(OCc3ccc(C#N)cc3)c(O)c2)cc1. The van der Waals surface area contributed by atoms with Gasteiger partial charge in [0.05, 0.1) is 11.6 Å². The monoisotopic (exact) mass is 493 g/mol. The van der Waals surface area contributed by atoms with E-state index in [1.54, 1.807) is 30.3 Å². The number of nitriles is 1. The summed E-state index contributed by atoms with van der Waals surface area (Å²) in [6.45, 7) is 5.03. The third-order valence-corrected chi connectivity index (χ3v) is 5.43. The summed E-state index contributed by atoms with van der Waals surface area (Å²) >= 11 is 0. The summed E-state index contributed by atoms with van der Waals surface area (Å²) < 4.78 is 23.2. The zero-order valence-corrected chi connectivity index (χ0v) is 20.3. The van der Waals surface area contributed by atoms with E-state index in [4.69, 9.17) is 24.2 Å². The molecule has 0 radical (unpaired) electrons. The summed E-state index contributed by atoms with van der Waals surface area (Å²) in [4.78, 5) is 0. The Labute approximate surface area is 216 Å². The molecule has 37 heavy (non-hydrogen) atoms. The normalized spacial score (nSPS) is 10.2. The number of phenols is 1. The highest BCUT2D eigenvalue weighted by molar-refractivity contribution is 5.43. The van der Waals surface area contributed by atoms with E-state index in [-0.39, 0.29) is 19.0 Å². The van der Waals surface area contributed by atoms with E-state index in [1.165, 1.54) is 0 Å². The summed E-state index contributed by atoms with van der Waals surface area (Å²) in [6, 6.07) is 29.5. The molecule has 0 aliphatic carbocycles. The molecule has 0 spiro atoms. The minimum Gasteiger partial charge on any atom is -0.504 e. The Hall–Kier alpha value is -4.89. The minimum absolute atomic E-state index is 0.0276. The van der Waals surface area contributed by atoms with Crippen LogP contribution in [0.1, 0.15) is 22.3 Å². The first-order valence-electron chi connectivity index (χ1n) is 11.8. The molecule has 0 heterocycles. The van der Waals surface area contributed by atoms with Gasteiger partial charge in [0.1, 0.15) is 32.2 Å². The van der Waals surface area contributed by atoms with Crippen molar-refractivity contribution in [1.82, 2.24) is 0 Å². The summed E-state index contributed by atoms with van der Waals surface area (Å²) in [5.74, 6) is 2.41. The van der Waals surface area contributed by atoms with Gasteiger partial charge in [-0.15, -0.1) is 0 Å². The summed E-state index contributed by atoms with van der Waals surface area (Å²) in [5.41, 5.74) is 3.28. The third-order valence-electron chi connectivity index (χ3n) is 5.43. The van der Waals surface area contributed by atoms with Crippen LogP contribution in [0.5, 0.6) is 28.7 Å². The van der Waals surface area contributed by atoms with Crippen molar-refractivity contribution >= 4 is 0 Å². The van der Waals surface area contributed by atoms with Crippen molar-refractivity contribution < 1.29 is 24.1 Å². The van der Waals surface area contributed by atoms with Crippen LogP contribution in [0, 0.1) is 11.3 Å². The van der Waals surface area contributed by atoms with E-state index in [0.717, 1.165) is 22.4 Å². The molecule has 6 nitrogen and oxygen atoms in total. The number of rotatable bonds is 12. The van der Waals surface area contributed by atoms with E-state index in [0.29, 0.717) is 36.0 Å². The van der Waals surface area contributed by atoms with Crippen molar-refractivity contribution in [3.05, 3.63) is 126 Å². The Kier molecular flexibility index (Phi) is 8.66. The van der Waals surface area contributed by atoms with E-state index in [9.17, 15) is 5.11 Å². The van der Waals surface area contributed by atoms with Crippen LogP contribution in [0.2, 0.25) is 0 Å². The maximum absolute atomic E-state index is 10.4. The van der Waals surface area contributed by atoms with Crippen molar-refractivity contribution in [2.45, 2.75) is 19.8 Å². The first kappa shape index (κ1) is 25.2. The molecule has 4 aromatic carbocycles. The van der Waals surface area contributed by atoms with Gasteiger partial charge in [0.2, 0.25) is 0 Å². The Bertz CT molecular complexity index is 1360. The van der Waals surface area contributed by atoms with Gasteiger partial charge in [-0.05, 0) is 65.2 Å². The Morgan fingerprint density at radius 3 is 1.78 bits per heavy atom. The molecule has 0 saturated heterocycles. The zero-order chi connectivity index (χ0) is 25.9. The van der Waals surface area contributed by atoms with Gasteiger partial charge in [-0.25, -0.2) is 0 Å². The number of phenolic OH excluding ortho intramolecular Hbond substituents is 1. The first-order valence-corrected chi connectivity index (χ1v) is 11.8. The molecule has 186 valence electrons. The van der Waals surface area contributed by atoms with Gasteiger partial charge >= 0.3 is 0 Å². The molecule has 0 bridgehead atoms. The van der Waals surface area contributed by atoms with Gasteiger partial charge in [0.15, 0.2) is 23.0 Å². The average Bonchev–Trinajstić information content (AvgIpc) is 2.94. The Balaban J connectivity index is 1.31. The van der Waals surface area contributed by atoms with Crippen molar-refractivity contribution in [1.29, 1.82) is 5.26 Å². The quantitative estimate of drug-likeness (QED) is 0.225. The van der Waals surface area contributed by atoms with Crippen LogP contribution in [0.25, 0.3) is 0 Å². The maximum atomic E-state index is 10.4. The molecular weight excluding hydrogens is 466 g/mol. The first-order chi connectivity index (χ1) is 18.1. The molecule has 0 aliphatic rings. The van der Waals surface area contributed by atoms with Gasteiger partial charge in [-0.3, -0.25) is 0 Å². The van der Waals surface area contributed by atoms with Crippen molar-refractivity contribution in [2.75, 3.05) is 6.61 Å². The fraction of sp³-hybridized carbons (Fsp3) is 0.129. The van der Waals surface area contributed by atoms with Crippen LogP contribution in [0.4, 0.5) is 0 Å². The summed E-state index contributed by atoms with van der Waals surface area (Å²) in [5, 5.41) is 19.3. The van der Waals surface area contributed by atoms with Crippen molar-refractivity contribution in [3.8, 4) is 34.8 Å². The number of ether oxygens (including phenoxy) is 4. The molecule has 4 aromatic rings. The third kappa shape index (κ3) is 7.30. The fourth-order valence-corrected chi connectivity index (χ4v) is 3.46. The number of para-hydroxylation sites is 2. The van der Waals surface area contributed by atoms with Crippen LogP contribution in [0.15, 0.2) is 104 Å². The number of aromatic hydroxyl groups is 1. The molecule has 6 heteroatoms. The zero-order valence-electron chi connectivity index (χ0n) is 20.3. The second-order valence-corrected chi connectivity index (χ2v) is 8.17. The van der Waals surface area contributed by atoms with Crippen molar-refractivity contribution in [2.24, 2.45) is 0 Å². The van der Waals surface area contributed by atoms with E-state index in [2.05, 4.69) is 12.6 Å². The minimum atomic E-state index is 0.0276. The Morgan fingerprint density at radius 1 is 0.676 bits per heavy atom. The fourth-order valence-electron chi connectivity index (χ4n) is 3.46. The lowest BCUT2D eigenvalue weighted by Crippen LogP contribution is -2.01. The van der Waals surface area contributed by atoms with Gasteiger partial charge in [-0.2, -0.15) is 5.26 Å². The smallest absolute Gasteiger partial charge is 0.161 e. The Morgan fingerprint density at radius 2 is 1.22 bits per heavy atom. The van der Waals surface area contributed by atoms with Gasteiger partial charge in [-0.1, -0.05) is 55.1 Å². The van der Waals surface area contributed by atoms with Gasteiger partial charge < -0.3 is 24.1 Å². The predicted octanol–water partition coefficient (Wildman–Crippen LogP) is 6.57. The van der Waals surface area contributed by atoms with Crippen molar-refractivity contribution in [3.63, 3.8) is 0 Å². The number of hydrogen-bond donors (Lipinski definition) is 1. The van der Waals surface area contributed by atoms with E-state index < -0.39 is 0 Å². The topological polar surface area (TPSA) is 80.9 Å². The number of hydrogen-bond acceptors (Lipinski definition) is 6. The summed E-state index contributed by atoms with van der Waals surface area (Å²) in [7, 11) is 0. The molecular formula is C31H27NO5. The highest BCUT2D eigenvalue weighted by Crippen LogP contribution is 2.31. The van der Waals surface area contributed by atoms with Gasteiger partial charge in [0.25, 0.3) is 0 Å². The standard InChI is InChI=1S/C31H27NO5/c1-2-17-34-27-14-11-25(12-15-27)21-36-30-5-3-4-6-31(30)37-22-26-13-16-29(28(33)18-26)35-20-24-9-7-23(19-32)8-10-24/h2-16,18,33H,1,17,20-22H2. The molecule has 1 N–H and O–H groups in total. The largest absolute Gasteiger partial charge is 0.504 e. The number of nitrogens with zero attached hydrogens (tertiary/aromatic N) is 1. The molecule has 0 aromatic heterocycles. The summed E-state index contributed by atoms with van der Waals surface area (Å²) in [6.07, 6.45) is 1.71. The van der Waals surface area contributed by atoms with Gasteiger partial charge in [0, 0.05) is 0 Å². The van der Waals surface area contributed by atoms with Crippen LogP contribution in [-0.2, 0) is 19.8 Å². The second-order valence-electron chi connectivity index (χ2n) is 8.17. The molecule has 0 saturated carbocycles. The molecule has 0 fully saturated rings. The molecule has 4 rings (SSSR count). The highest BCUT2D eigenvalue weighted by Gasteiger charge is 2.09. The van der Waals surface area contributed by atoms with Crippen LogP contribution >= 0.6 is 0 Å². The van der Waals surface area contributed by atoms with Crippen LogP contribution in [0.3, 0.4) is 0 Å². The average molecular weight is 494 g/mol. The maximum Gasteiger partial charge on any atom is 0.161 e. The number of benzene rings is 4. The highest BCUT2D eigenvalue weighted by atomic mass is 16.5. The predicted molar refractivity (Wildman–Crippen MR) is 141 cm³/mol. The second kappa shape index (κ2) is 12.7. The molecule has 0 atom stereocenters. The van der Waals surface area contributed by atoms with E-state index >= 15 is 0 Å².